The summed E-state index contributed by atoms with van der Waals surface area (Å²) in [5.41, 5.74) is 0.468. The molecule has 0 fully saturated rings. The zero-order chi connectivity index (χ0) is 13.9. The van der Waals surface area contributed by atoms with Gasteiger partial charge in [0, 0.05) is 18.9 Å². The lowest BCUT2D eigenvalue weighted by atomic mass is 10.2. The van der Waals surface area contributed by atoms with Crippen molar-refractivity contribution in [2.45, 2.75) is 11.4 Å². The summed E-state index contributed by atoms with van der Waals surface area (Å²) in [4.78, 5) is 2.67. The normalized spacial score (nSPS) is 11.2. The second-order valence-corrected chi connectivity index (χ2v) is 5.56. The Bertz CT molecular complexity index is 718. The van der Waals surface area contributed by atoms with Gasteiger partial charge in [0.2, 0.25) is 10.0 Å². The Morgan fingerprint density at radius 1 is 1.37 bits per heavy atom. The van der Waals surface area contributed by atoms with Crippen LogP contribution in [0.15, 0.2) is 41.6 Å². The fourth-order valence-corrected chi connectivity index (χ4v) is 2.53. The topological polar surface area (TPSA) is 85.8 Å². The van der Waals surface area contributed by atoms with Crippen molar-refractivity contribution in [3.05, 3.63) is 53.6 Å². The number of nitrogens with zero attached hydrogens (tertiary/aromatic N) is 1. The predicted octanol–water partition coefficient (Wildman–Crippen LogP) is 1.50. The molecule has 0 spiro atoms. The van der Waals surface area contributed by atoms with Crippen molar-refractivity contribution < 1.29 is 12.8 Å². The summed E-state index contributed by atoms with van der Waals surface area (Å²) in [5, 5.41) is 8.68. The Hall–Kier alpha value is -2.17. The lowest BCUT2D eigenvalue weighted by molar-refractivity contribution is 0.580. The molecule has 2 rings (SSSR count). The molecule has 19 heavy (non-hydrogen) atoms. The maximum Gasteiger partial charge on any atom is 0.240 e. The second kappa shape index (κ2) is 5.22. The lowest BCUT2D eigenvalue weighted by Crippen LogP contribution is -2.23. The molecular weight excluding hydrogens is 269 g/mol. The van der Waals surface area contributed by atoms with Gasteiger partial charge in [-0.2, -0.15) is 5.26 Å². The van der Waals surface area contributed by atoms with Gasteiger partial charge in [0.05, 0.1) is 10.5 Å². The Labute approximate surface area is 109 Å². The zero-order valence-corrected chi connectivity index (χ0v) is 10.5. The molecule has 1 aromatic heterocycles. The van der Waals surface area contributed by atoms with Crippen LogP contribution in [0.2, 0.25) is 0 Å². The number of hydrogen-bond donors (Lipinski definition) is 2. The molecule has 0 amide bonds. The molecule has 7 heteroatoms. The highest BCUT2D eigenvalue weighted by atomic mass is 32.2. The molecule has 2 N–H and O–H groups in total. The molecular formula is C12H10FN3O2S. The fourth-order valence-electron chi connectivity index (χ4n) is 1.49. The summed E-state index contributed by atoms with van der Waals surface area (Å²) in [6, 6.07) is 6.43. The SMILES string of the molecule is N#Cc1cc(S(=O)(=O)NCc2cc[nH]c2)ccc1F. The smallest absolute Gasteiger partial charge is 0.240 e. The first-order valence-corrected chi connectivity index (χ1v) is 6.82. The van der Waals surface area contributed by atoms with Crippen LogP contribution in [-0.2, 0) is 16.6 Å². The van der Waals surface area contributed by atoms with E-state index in [2.05, 4.69) is 9.71 Å². The lowest BCUT2D eigenvalue weighted by Gasteiger charge is -2.06. The summed E-state index contributed by atoms with van der Waals surface area (Å²) in [5.74, 6) is -0.743. The number of H-pyrrole nitrogens is 1. The van der Waals surface area contributed by atoms with Crippen molar-refractivity contribution in [1.29, 1.82) is 5.26 Å². The summed E-state index contributed by atoms with van der Waals surface area (Å²) < 4.78 is 39.4. The first-order chi connectivity index (χ1) is 9.03. The molecule has 0 bridgehead atoms. The van der Waals surface area contributed by atoms with Crippen molar-refractivity contribution in [2.24, 2.45) is 0 Å². The average molecular weight is 279 g/mol. The Morgan fingerprint density at radius 2 is 2.16 bits per heavy atom. The minimum atomic E-state index is -3.77. The number of aromatic nitrogens is 1. The third kappa shape index (κ3) is 2.99. The number of nitrogens with one attached hydrogen (secondary N) is 2. The molecule has 0 atom stereocenters. The molecule has 0 aliphatic heterocycles. The number of aromatic amines is 1. The first-order valence-electron chi connectivity index (χ1n) is 5.34. The third-order valence-corrected chi connectivity index (χ3v) is 3.90. The molecule has 5 nitrogen and oxygen atoms in total. The van der Waals surface area contributed by atoms with Crippen molar-refractivity contribution in [3.63, 3.8) is 0 Å². The van der Waals surface area contributed by atoms with Gasteiger partial charge in [0.1, 0.15) is 11.9 Å². The van der Waals surface area contributed by atoms with Gasteiger partial charge in [0.25, 0.3) is 0 Å². The van der Waals surface area contributed by atoms with Crippen molar-refractivity contribution in [1.82, 2.24) is 9.71 Å². The van der Waals surface area contributed by atoms with Crippen molar-refractivity contribution in [2.75, 3.05) is 0 Å². The molecule has 0 aliphatic rings. The highest BCUT2D eigenvalue weighted by Crippen LogP contribution is 2.14. The van der Waals surface area contributed by atoms with Gasteiger partial charge < -0.3 is 4.98 Å². The van der Waals surface area contributed by atoms with Crippen LogP contribution in [0.3, 0.4) is 0 Å². The molecule has 2 aromatic rings. The molecule has 0 radical (unpaired) electrons. The van der Waals surface area contributed by atoms with Crippen molar-refractivity contribution in [3.8, 4) is 6.07 Å². The number of sulfonamides is 1. The molecule has 0 unspecified atom stereocenters. The van der Waals surface area contributed by atoms with Crippen LogP contribution in [0.1, 0.15) is 11.1 Å². The standard InChI is InChI=1S/C12H10FN3O2S/c13-12-2-1-11(5-10(12)6-14)19(17,18)16-8-9-3-4-15-7-9/h1-5,7,15-16H,8H2. The van der Waals surface area contributed by atoms with Gasteiger partial charge in [-0.25, -0.2) is 17.5 Å². The molecule has 98 valence electrons. The van der Waals surface area contributed by atoms with Gasteiger partial charge >= 0.3 is 0 Å². The maximum atomic E-state index is 13.1. The Kier molecular flexibility index (Phi) is 3.64. The van der Waals surface area contributed by atoms with Crippen LogP contribution in [0.25, 0.3) is 0 Å². The molecule has 0 saturated heterocycles. The number of hydrogen-bond acceptors (Lipinski definition) is 3. The number of benzene rings is 1. The predicted molar refractivity (Wildman–Crippen MR) is 65.9 cm³/mol. The average Bonchev–Trinajstić information content (AvgIpc) is 2.90. The van der Waals surface area contributed by atoms with Crippen LogP contribution in [0.4, 0.5) is 4.39 Å². The Morgan fingerprint density at radius 3 is 2.79 bits per heavy atom. The van der Waals surface area contributed by atoms with E-state index in [0.717, 1.165) is 23.8 Å². The summed E-state index contributed by atoms with van der Waals surface area (Å²) >= 11 is 0. The summed E-state index contributed by atoms with van der Waals surface area (Å²) in [6.45, 7) is 0.116. The van der Waals surface area contributed by atoms with Crippen LogP contribution in [0, 0.1) is 17.1 Å². The first kappa shape index (κ1) is 13.3. The van der Waals surface area contributed by atoms with E-state index < -0.39 is 15.8 Å². The molecule has 1 heterocycles. The monoisotopic (exact) mass is 279 g/mol. The van der Waals surface area contributed by atoms with Gasteiger partial charge in [0.15, 0.2) is 0 Å². The van der Waals surface area contributed by atoms with Crippen LogP contribution in [0.5, 0.6) is 0 Å². The van der Waals surface area contributed by atoms with E-state index in [1.807, 2.05) is 0 Å². The van der Waals surface area contributed by atoms with Crippen LogP contribution in [-0.4, -0.2) is 13.4 Å². The summed E-state index contributed by atoms with van der Waals surface area (Å²) in [6.07, 6.45) is 3.34. The van der Waals surface area contributed by atoms with E-state index in [0.29, 0.717) is 0 Å². The zero-order valence-electron chi connectivity index (χ0n) is 9.72. The van der Waals surface area contributed by atoms with Crippen molar-refractivity contribution >= 4 is 10.0 Å². The van der Waals surface area contributed by atoms with E-state index in [1.165, 1.54) is 0 Å². The highest BCUT2D eigenvalue weighted by molar-refractivity contribution is 7.89. The van der Waals surface area contributed by atoms with Gasteiger partial charge in [-0.3, -0.25) is 0 Å². The van der Waals surface area contributed by atoms with E-state index in [9.17, 15) is 12.8 Å². The third-order valence-electron chi connectivity index (χ3n) is 2.50. The summed E-state index contributed by atoms with van der Waals surface area (Å²) in [7, 11) is -3.77. The highest BCUT2D eigenvalue weighted by Gasteiger charge is 2.16. The largest absolute Gasteiger partial charge is 0.367 e. The second-order valence-electron chi connectivity index (χ2n) is 3.80. The van der Waals surface area contributed by atoms with Gasteiger partial charge in [-0.1, -0.05) is 0 Å². The Balaban J connectivity index is 2.22. The molecule has 0 aliphatic carbocycles. The fraction of sp³-hybridized carbons (Fsp3) is 0.0833. The van der Waals surface area contributed by atoms with E-state index in [4.69, 9.17) is 5.26 Å². The quantitative estimate of drug-likeness (QED) is 0.889. The van der Waals surface area contributed by atoms with E-state index in [1.54, 1.807) is 24.5 Å². The van der Waals surface area contributed by atoms with Gasteiger partial charge in [-0.05, 0) is 29.8 Å². The minimum absolute atomic E-state index is 0.116. The number of rotatable bonds is 4. The minimum Gasteiger partial charge on any atom is -0.367 e. The number of nitriles is 1. The van der Waals surface area contributed by atoms with E-state index >= 15 is 0 Å². The maximum absolute atomic E-state index is 13.1. The molecule has 1 aromatic carbocycles. The molecule has 0 saturated carbocycles. The van der Waals surface area contributed by atoms with Crippen LogP contribution >= 0.6 is 0 Å². The van der Waals surface area contributed by atoms with E-state index in [-0.39, 0.29) is 17.0 Å². The van der Waals surface area contributed by atoms with Crippen LogP contribution < -0.4 is 4.72 Å². The van der Waals surface area contributed by atoms with Gasteiger partial charge in [-0.15, -0.1) is 0 Å². The number of halogens is 1.